The van der Waals surface area contributed by atoms with Crippen LogP contribution in [0, 0.1) is 35.5 Å². The van der Waals surface area contributed by atoms with E-state index >= 15 is 0 Å². The highest BCUT2D eigenvalue weighted by Gasteiger charge is 2.65. The van der Waals surface area contributed by atoms with Gasteiger partial charge in [0.05, 0.1) is 17.7 Å². The van der Waals surface area contributed by atoms with Gasteiger partial charge >= 0.3 is 0 Å². The van der Waals surface area contributed by atoms with Crippen LogP contribution in [0.1, 0.15) is 105 Å². The van der Waals surface area contributed by atoms with Crippen molar-refractivity contribution in [1.29, 1.82) is 0 Å². The van der Waals surface area contributed by atoms with Crippen molar-refractivity contribution < 1.29 is 20.9 Å². The number of quaternary nitrogens is 2. The minimum Gasteiger partial charge on any atom is -0.396 e. The molecule has 3 heterocycles. The fourth-order valence-electron chi connectivity index (χ4n) is 8.89. The molecule has 2 bridgehead atoms. The van der Waals surface area contributed by atoms with Crippen molar-refractivity contribution >= 4 is 0 Å². The number of hydrogen-bond acceptors (Lipinski definition) is 3. The van der Waals surface area contributed by atoms with Gasteiger partial charge in [0, 0.05) is 37.7 Å². The van der Waals surface area contributed by atoms with Crippen LogP contribution in [-0.2, 0) is 4.74 Å². The second-order valence-corrected chi connectivity index (χ2v) is 13.8. The van der Waals surface area contributed by atoms with Gasteiger partial charge in [-0.15, -0.1) is 0 Å². The lowest BCUT2D eigenvalue weighted by Gasteiger charge is -2.64. The fourth-order valence-corrected chi connectivity index (χ4v) is 8.89. The van der Waals surface area contributed by atoms with E-state index in [0.29, 0.717) is 18.0 Å². The Hall–Kier alpha value is -0.200. The van der Waals surface area contributed by atoms with Crippen molar-refractivity contribution in [2.75, 3.05) is 13.2 Å². The highest BCUT2D eigenvalue weighted by molar-refractivity contribution is 5.13. The summed E-state index contributed by atoms with van der Waals surface area (Å²) in [6.07, 6.45) is 15.3. The second-order valence-electron chi connectivity index (χ2n) is 13.8. The van der Waals surface area contributed by atoms with Crippen LogP contribution in [0.25, 0.3) is 0 Å². The van der Waals surface area contributed by atoms with Crippen LogP contribution in [0.4, 0.5) is 0 Å². The van der Waals surface area contributed by atoms with Gasteiger partial charge in [0.15, 0.2) is 0 Å². The minimum absolute atomic E-state index is 0.0367. The van der Waals surface area contributed by atoms with E-state index < -0.39 is 0 Å². The predicted octanol–water partition coefficient (Wildman–Crippen LogP) is 2.81. The second kappa shape index (κ2) is 10.0. The van der Waals surface area contributed by atoms with Gasteiger partial charge in [-0.25, -0.2) is 0 Å². The maximum absolute atomic E-state index is 9.89. The zero-order chi connectivity index (χ0) is 23.9. The molecule has 0 aromatic carbocycles. The number of ether oxygens (including phenoxy) is 1. The van der Waals surface area contributed by atoms with Crippen molar-refractivity contribution in [1.82, 2.24) is 0 Å². The summed E-state index contributed by atoms with van der Waals surface area (Å²) in [5.74, 6) is 4.38. The lowest BCUT2D eigenvalue weighted by molar-refractivity contribution is -0.703. The summed E-state index contributed by atoms with van der Waals surface area (Å²) < 4.78 is 7.12. The third-order valence-electron chi connectivity index (χ3n) is 10.3. The van der Waals surface area contributed by atoms with Crippen LogP contribution in [0.5, 0.6) is 0 Å². The molecule has 2 saturated carbocycles. The molecule has 33 heavy (non-hydrogen) atoms. The van der Waals surface area contributed by atoms with E-state index in [1.165, 1.54) is 70.8 Å². The molecule has 0 amide bonds. The van der Waals surface area contributed by atoms with E-state index in [9.17, 15) is 5.11 Å². The van der Waals surface area contributed by atoms with Gasteiger partial charge in [-0.05, 0) is 82.5 Å². The van der Waals surface area contributed by atoms with Crippen LogP contribution in [0.15, 0.2) is 0 Å². The molecular weight excluding hydrogens is 410 g/mol. The summed E-state index contributed by atoms with van der Waals surface area (Å²) in [5.41, 5.74) is 10.7. The van der Waals surface area contributed by atoms with E-state index in [2.05, 4.69) is 33.0 Å². The van der Waals surface area contributed by atoms with Gasteiger partial charge in [-0.1, -0.05) is 26.7 Å². The number of rotatable bonds is 8. The summed E-state index contributed by atoms with van der Waals surface area (Å²) in [6, 6.07) is 0. The molecule has 0 aromatic heterocycles. The number of aliphatic hydroxyl groups is 1. The van der Waals surface area contributed by atoms with E-state index in [1.807, 2.05) is 0 Å². The van der Waals surface area contributed by atoms with Crippen LogP contribution >= 0.6 is 0 Å². The van der Waals surface area contributed by atoms with E-state index in [4.69, 9.17) is 16.2 Å². The number of aliphatic hydroxyl groups excluding tert-OH is 1. The van der Waals surface area contributed by atoms with Gasteiger partial charge < -0.3 is 20.9 Å². The van der Waals surface area contributed by atoms with Crippen molar-refractivity contribution in [2.45, 2.75) is 128 Å². The Morgan fingerprint density at radius 2 is 1.85 bits per heavy atom. The van der Waals surface area contributed by atoms with Crippen LogP contribution in [-0.4, -0.2) is 41.2 Å². The predicted molar refractivity (Wildman–Crippen MR) is 133 cm³/mol. The first-order valence-corrected chi connectivity index (χ1v) is 14.3. The molecule has 0 aromatic rings. The van der Waals surface area contributed by atoms with Gasteiger partial charge in [-0.3, -0.25) is 5.73 Å². The van der Waals surface area contributed by atoms with E-state index in [0.717, 1.165) is 36.5 Å². The zero-order valence-corrected chi connectivity index (χ0v) is 22.2. The summed E-state index contributed by atoms with van der Waals surface area (Å²) in [6.45, 7) is 10.8. The third kappa shape index (κ3) is 5.63. The topological polar surface area (TPSA) is 99.7 Å². The van der Waals surface area contributed by atoms with Gasteiger partial charge in [0.2, 0.25) is 0 Å². The average Bonchev–Trinajstić information content (AvgIpc) is 2.73. The SMILES string of the molecule is CC(C)CC[C@@H]1C[C@@H](CC2CCC(N)[NH2+]C2)C[C@@H]([C@@]23CC[C@@H](C(C)(C)O2)[C@@]([NH3+])(CCO)C3)C1. The number of fused-ring (bicyclic) bond motifs is 3. The molecule has 8 atom stereocenters. The Balaban J connectivity index is 1.53. The fraction of sp³-hybridized carbons (Fsp3) is 1.00. The first-order valence-electron chi connectivity index (χ1n) is 14.3. The molecule has 2 unspecified atom stereocenters. The van der Waals surface area contributed by atoms with Crippen LogP contribution in [0.2, 0.25) is 0 Å². The summed E-state index contributed by atoms with van der Waals surface area (Å²) in [4.78, 5) is 0. The minimum atomic E-state index is -0.137. The maximum Gasteiger partial charge on any atom is 0.137 e. The lowest BCUT2D eigenvalue weighted by atomic mass is 9.52. The van der Waals surface area contributed by atoms with Crippen molar-refractivity contribution in [3.8, 4) is 0 Å². The monoisotopic (exact) mass is 465 g/mol. The molecular formula is C28H55N3O2+2. The van der Waals surface area contributed by atoms with Gasteiger partial charge in [0.1, 0.15) is 11.7 Å². The van der Waals surface area contributed by atoms with Crippen molar-refractivity contribution in [3.63, 3.8) is 0 Å². The first kappa shape index (κ1) is 25.9. The quantitative estimate of drug-likeness (QED) is 0.443. The number of hydrogen-bond donors (Lipinski definition) is 4. The summed E-state index contributed by atoms with van der Waals surface area (Å²) >= 11 is 0. The molecule has 192 valence electrons. The molecule has 5 heteroatoms. The molecule has 5 aliphatic rings. The Labute approximate surface area is 203 Å². The molecule has 3 saturated heterocycles. The lowest BCUT2D eigenvalue weighted by Crippen LogP contribution is -2.95. The molecule has 3 aliphatic heterocycles. The van der Waals surface area contributed by atoms with E-state index in [1.54, 1.807) is 0 Å². The molecule has 5 rings (SSSR count). The average molecular weight is 466 g/mol. The Kier molecular flexibility index (Phi) is 7.88. The molecule has 8 N–H and O–H groups in total. The smallest absolute Gasteiger partial charge is 0.137 e. The Bertz CT molecular complexity index is 647. The number of piperidine rings is 1. The van der Waals surface area contributed by atoms with E-state index in [-0.39, 0.29) is 23.3 Å². The van der Waals surface area contributed by atoms with Gasteiger partial charge in [0.25, 0.3) is 0 Å². The first-order chi connectivity index (χ1) is 15.6. The van der Waals surface area contributed by atoms with Crippen molar-refractivity contribution in [3.05, 3.63) is 0 Å². The number of nitrogens with two attached hydrogens (primary N) is 2. The highest BCUT2D eigenvalue weighted by atomic mass is 16.5. The van der Waals surface area contributed by atoms with Crippen LogP contribution < -0.4 is 16.8 Å². The third-order valence-corrected chi connectivity index (χ3v) is 10.3. The maximum atomic E-state index is 9.89. The Morgan fingerprint density at radius 1 is 1.09 bits per heavy atom. The normalized spacial score (nSPS) is 45.5. The molecule has 5 fully saturated rings. The Morgan fingerprint density at radius 3 is 2.48 bits per heavy atom. The highest BCUT2D eigenvalue weighted by Crippen LogP contribution is 2.59. The molecule has 2 aliphatic carbocycles. The van der Waals surface area contributed by atoms with Gasteiger partial charge in [-0.2, -0.15) is 0 Å². The van der Waals surface area contributed by atoms with Crippen molar-refractivity contribution in [2.24, 2.45) is 41.2 Å². The molecule has 5 nitrogen and oxygen atoms in total. The zero-order valence-electron chi connectivity index (χ0n) is 22.2. The summed E-state index contributed by atoms with van der Waals surface area (Å²) in [5, 5.41) is 12.3. The molecule has 0 spiro atoms. The van der Waals surface area contributed by atoms with Crippen LogP contribution in [0.3, 0.4) is 0 Å². The summed E-state index contributed by atoms with van der Waals surface area (Å²) in [7, 11) is 0. The largest absolute Gasteiger partial charge is 0.396 e. The standard InChI is InChI=1S/C28H53N3O2/c1-19(2)5-6-20-13-22(14-21-7-8-25(29)31-17-21)16-23(15-20)28-10-9-24(26(3,4)33-28)27(30,18-28)11-12-32/h19-25,31-32H,5-18,29-30H2,1-4H3/p+2/t20-,21?,22+,23+,24+,25?,27-,28+/m1/s1. The molecule has 0 radical (unpaired) electrons.